The lowest BCUT2D eigenvalue weighted by molar-refractivity contribution is -0.148. The highest BCUT2D eigenvalue weighted by atomic mass is 19.1. The van der Waals surface area contributed by atoms with Crippen LogP contribution in [0, 0.1) is 0 Å². The minimum Gasteiger partial charge on any atom is -0.479 e. The van der Waals surface area contributed by atoms with E-state index in [1.807, 2.05) is 45.0 Å². The Bertz CT molecular complexity index is 758. The van der Waals surface area contributed by atoms with Crippen molar-refractivity contribution < 1.29 is 23.9 Å². The van der Waals surface area contributed by atoms with Gasteiger partial charge in [0.1, 0.15) is 0 Å². The number of aliphatic carboxylic acids is 1. The van der Waals surface area contributed by atoms with E-state index >= 15 is 0 Å². The summed E-state index contributed by atoms with van der Waals surface area (Å²) in [5.74, 6) is -1.69. The minimum absolute atomic E-state index is 0. The Morgan fingerprint density at radius 3 is 2.28 bits per heavy atom. The molecule has 0 aromatic heterocycles. The summed E-state index contributed by atoms with van der Waals surface area (Å²) in [6.45, 7) is 10.3. The third-order valence-corrected chi connectivity index (χ3v) is 4.31. The molecular weight excluding hydrogens is 413 g/mol. The number of alkyl halides is 1. The highest BCUT2D eigenvalue weighted by molar-refractivity contribution is 6.03. The first-order chi connectivity index (χ1) is 14.5. The molecule has 1 aliphatic heterocycles. The van der Waals surface area contributed by atoms with Gasteiger partial charge >= 0.3 is 5.97 Å². The number of para-hydroxylation sites is 1. The Hall–Kier alpha value is -2.74. The summed E-state index contributed by atoms with van der Waals surface area (Å²) in [5.41, 5.74) is 5.63. The standard InChI is InChI=1S/C17H23N3O2.C4H7FO2.C2H6.CH4/c1-3-14(19-17(22)12(2)18)8-9-16(21)20-11-10-13-6-4-5-7-15(13)20;1-4(2,5)3(6)7;1-2;/h4-9,12,14H,3,10-11,18H2,1-2H3,(H,19,22);1-2H3,(H,6,7);1-2H3;1H4/b9-8+;;;/t12-,14-;;;/m0.../s1. The van der Waals surface area contributed by atoms with Crippen molar-refractivity contribution in [1.29, 1.82) is 0 Å². The first-order valence-electron chi connectivity index (χ1n) is 10.5. The van der Waals surface area contributed by atoms with Crippen LogP contribution in [-0.4, -0.2) is 47.2 Å². The molecule has 1 aromatic rings. The van der Waals surface area contributed by atoms with Crippen molar-refractivity contribution in [2.45, 2.75) is 79.6 Å². The zero-order valence-corrected chi connectivity index (χ0v) is 19.3. The molecule has 32 heavy (non-hydrogen) atoms. The summed E-state index contributed by atoms with van der Waals surface area (Å²) < 4.78 is 11.9. The number of anilines is 1. The number of fused-ring (bicyclic) bond motifs is 1. The zero-order chi connectivity index (χ0) is 24.2. The summed E-state index contributed by atoms with van der Waals surface area (Å²) >= 11 is 0. The topological polar surface area (TPSA) is 113 Å². The van der Waals surface area contributed by atoms with Crippen molar-refractivity contribution in [3.8, 4) is 0 Å². The van der Waals surface area contributed by atoms with Gasteiger partial charge in [0.25, 0.3) is 5.91 Å². The molecule has 0 spiro atoms. The van der Waals surface area contributed by atoms with E-state index in [0.717, 1.165) is 26.0 Å². The number of hydrogen-bond acceptors (Lipinski definition) is 4. The van der Waals surface area contributed by atoms with Crippen LogP contribution >= 0.6 is 0 Å². The van der Waals surface area contributed by atoms with Crippen LogP contribution in [0.15, 0.2) is 36.4 Å². The Labute approximate surface area is 191 Å². The number of carbonyl (C=O) groups is 3. The molecule has 8 heteroatoms. The predicted molar refractivity (Wildman–Crippen MR) is 128 cm³/mol. The summed E-state index contributed by atoms with van der Waals surface area (Å²) in [6, 6.07) is 7.20. The Morgan fingerprint density at radius 2 is 1.81 bits per heavy atom. The molecule has 4 N–H and O–H groups in total. The molecule has 2 atom stereocenters. The number of nitrogens with zero attached hydrogens (tertiary/aromatic N) is 1. The fourth-order valence-corrected chi connectivity index (χ4v) is 2.46. The summed E-state index contributed by atoms with van der Waals surface area (Å²) in [5, 5.41) is 10.7. The summed E-state index contributed by atoms with van der Waals surface area (Å²) in [7, 11) is 0. The Morgan fingerprint density at radius 1 is 1.28 bits per heavy atom. The van der Waals surface area contributed by atoms with E-state index in [2.05, 4.69) is 5.32 Å². The molecule has 0 saturated carbocycles. The maximum atomic E-state index is 12.3. The lowest BCUT2D eigenvalue weighted by Gasteiger charge is -2.17. The largest absolute Gasteiger partial charge is 0.479 e. The Kier molecular flexibility index (Phi) is 14.9. The number of benzene rings is 1. The molecule has 1 aromatic carbocycles. The van der Waals surface area contributed by atoms with Crippen molar-refractivity contribution >= 4 is 23.5 Å². The molecule has 2 amide bonds. The third-order valence-electron chi connectivity index (χ3n) is 4.31. The molecule has 7 nitrogen and oxygen atoms in total. The van der Waals surface area contributed by atoms with Crippen LogP contribution in [0.2, 0.25) is 0 Å². The van der Waals surface area contributed by atoms with Gasteiger partial charge in [-0.3, -0.25) is 9.59 Å². The maximum Gasteiger partial charge on any atom is 0.340 e. The number of carbonyl (C=O) groups excluding carboxylic acids is 2. The van der Waals surface area contributed by atoms with Crippen LogP contribution in [-0.2, 0) is 20.8 Å². The van der Waals surface area contributed by atoms with Crippen LogP contribution in [0.1, 0.15) is 61.0 Å². The van der Waals surface area contributed by atoms with Gasteiger partial charge in [-0.15, -0.1) is 0 Å². The molecule has 0 radical (unpaired) electrons. The average Bonchev–Trinajstić information content (AvgIpc) is 3.16. The van der Waals surface area contributed by atoms with Gasteiger partial charge in [0.15, 0.2) is 0 Å². The van der Waals surface area contributed by atoms with E-state index in [-0.39, 0.29) is 25.3 Å². The van der Waals surface area contributed by atoms with Crippen LogP contribution in [0.3, 0.4) is 0 Å². The first-order valence-corrected chi connectivity index (χ1v) is 10.5. The van der Waals surface area contributed by atoms with E-state index in [1.165, 1.54) is 11.6 Å². The van der Waals surface area contributed by atoms with Crippen LogP contribution in [0.5, 0.6) is 0 Å². The van der Waals surface area contributed by atoms with E-state index in [1.54, 1.807) is 17.9 Å². The SMILES string of the molecule is C.CC.CC(C)(F)C(=O)O.CC[C@@H](/C=C/C(=O)N1CCc2ccccc21)NC(=O)[C@H](C)N. The molecule has 2 rings (SSSR count). The number of rotatable bonds is 6. The number of nitrogens with one attached hydrogen (secondary N) is 1. The van der Waals surface area contributed by atoms with Gasteiger partial charge in [0.2, 0.25) is 11.6 Å². The van der Waals surface area contributed by atoms with Crippen molar-refractivity contribution in [1.82, 2.24) is 5.32 Å². The minimum atomic E-state index is -2.08. The zero-order valence-electron chi connectivity index (χ0n) is 19.3. The fourth-order valence-electron chi connectivity index (χ4n) is 2.46. The van der Waals surface area contributed by atoms with E-state index in [4.69, 9.17) is 10.8 Å². The quantitative estimate of drug-likeness (QED) is 0.566. The molecule has 0 aliphatic carbocycles. The van der Waals surface area contributed by atoms with Gasteiger partial charge in [-0.05, 0) is 45.2 Å². The first kappa shape index (κ1) is 31.4. The van der Waals surface area contributed by atoms with Gasteiger partial charge in [0, 0.05) is 24.4 Å². The van der Waals surface area contributed by atoms with Crippen molar-refractivity contribution in [3.05, 3.63) is 42.0 Å². The third kappa shape index (κ3) is 10.5. The lowest BCUT2D eigenvalue weighted by atomic mass is 10.1. The van der Waals surface area contributed by atoms with E-state index in [9.17, 15) is 18.8 Å². The number of amides is 2. The molecule has 0 fully saturated rings. The second-order valence-electron chi connectivity index (χ2n) is 7.32. The molecular formula is C24H40FN3O4. The van der Waals surface area contributed by atoms with Crippen LogP contribution in [0.25, 0.3) is 0 Å². The van der Waals surface area contributed by atoms with Crippen molar-refractivity contribution in [3.63, 3.8) is 0 Å². The molecule has 0 unspecified atom stereocenters. The number of nitrogens with two attached hydrogens (primary N) is 1. The number of carboxylic acid groups (broad SMARTS) is 1. The van der Waals surface area contributed by atoms with Crippen LogP contribution in [0.4, 0.5) is 10.1 Å². The summed E-state index contributed by atoms with van der Waals surface area (Å²) in [6.07, 6.45) is 4.87. The van der Waals surface area contributed by atoms with E-state index < -0.39 is 17.7 Å². The van der Waals surface area contributed by atoms with Gasteiger partial charge in [0.05, 0.1) is 6.04 Å². The summed E-state index contributed by atoms with van der Waals surface area (Å²) in [4.78, 5) is 35.4. The molecule has 1 heterocycles. The molecule has 0 saturated heterocycles. The highest BCUT2D eigenvalue weighted by Gasteiger charge is 2.25. The predicted octanol–water partition coefficient (Wildman–Crippen LogP) is 3.86. The highest BCUT2D eigenvalue weighted by Crippen LogP contribution is 2.27. The van der Waals surface area contributed by atoms with E-state index in [0.29, 0.717) is 13.0 Å². The molecule has 0 bridgehead atoms. The Balaban J connectivity index is 0. The maximum absolute atomic E-state index is 12.3. The number of carboxylic acids is 1. The second kappa shape index (κ2) is 15.1. The lowest BCUT2D eigenvalue weighted by Crippen LogP contribution is -2.43. The van der Waals surface area contributed by atoms with Crippen LogP contribution < -0.4 is 16.0 Å². The second-order valence-corrected chi connectivity index (χ2v) is 7.32. The number of halogens is 1. The number of hydrogen-bond donors (Lipinski definition) is 3. The normalized spacial score (nSPS) is 13.9. The fraction of sp³-hybridized carbons (Fsp3) is 0.542. The molecule has 182 valence electrons. The van der Waals surface area contributed by atoms with Crippen molar-refractivity contribution in [2.24, 2.45) is 5.73 Å². The monoisotopic (exact) mass is 453 g/mol. The van der Waals surface area contributed by atoms with Gasteiger partial charge in [-0.2, -0.15) is 0 Å². The van der Waals surface area contributed by atoms with Gasteiger partial charge < -0.3 is 21.1 Å². The molecule has 1 aliphatic rings. The van der Waals surface area contributed by atoms with Gasteiger partial charge in [-0.25, -0.2) is 9.18 Å². The van der Waals surface area contributed by atoms with Gasteiger partial charge in [-0.1, -0.05) is 52.5 Å². The van der Waals surface area contributed by atoms with Crippen molar-refractivity contribution in [2.75, 3.05) is 11.4 Å². The smallest absolute Gasteiger partial charge is 0.340 e. The average molecular weight is 454 g/mol.